The lowest BCUT2D eigenvalue weighted by molar-refractivity contribution is 0.684. The summed E-state index contributed by atoms with van der Waals surface area (Å²) in [6.45, 7) is 0. The summed E-state index contributed by atoms with van der Waals surface area (Å²) in [4.78, 5) is 2.15. The number of hydrogen-bond donors (Lipinski definition) is 0. The Morgan fingerprint density at radius 2 is 1.47 bits per heavy atom. The molecule has 0 N–H and O–H groups in total. The van der Waals surface area contributed by atoms with Crippen LogP contribution in [0.2, 0.25) is 0 Å². The van der Waals surface area contributed by atoms with Crippen LogP contribution < -0.4 is 0 Å². The minimum atomic E-state index is -0.878. The van der Waals surface area contributed by atoms with Crippen LogP contribution in [0.4, 0.5) is 0 Å². The van der Waals surface area contributed by atoms with Crippen molar-refractivity contribution < 1.29 is 4.21 Å². The minimum absolute atomic E-state index is 0.698. The van der Waals surface area contributed by atoms with Gasteiger partial charge in [-0.1, -0.05) is 36.4 Å². The van der Waals surface area contributed by atoms with Crippen LogP contribution in [0.25, 0.3) is 0 Å². The standard InChI is InChI=1S/C14H14OS2/c15-17(14-9-5-2-6-10-14)12-11-16-13-7-3-1-4-8-13/h1-10H,11-12H2. The molecule has 1 nitrogen and oxygen atoms in total. The molecule has 0 aliphatic rings. The van der Waals surface area contributed by atoms with Crippen LogP contribution in [-0.4, -0.2) is 15.7 Å². The second-order valence-corrected chi connectivity index (χ2v) is 6.26. The van der Waals surface area contributed by atoms with Gasteiger partial charge in [0.25, 0.3) is 0 Å². The van der Waals surface area contributed by atoms with Gasteiger partial charge >= 0.3 is 0 Å². The molecular weight excluding hydrogens is 248 g/mol. The molecule has 0 fully saturated rings. The van der Waals surface area contributed by atoms with Crippen molar-refractivity contribution in [2.75, 3.05) is 11.5 Å². The van der Waals surface area contributed by atoms with Crippen molar-refractivity contribution >= 4 is 22.6 Å². The number of rotatable bonds is 5. The van der Waals surface area contributed by atoms with Crippen LogP contribution in [0.15, 0.2) is 70.5 Å². The Kier molecular flexibility index (Phi) is 4.83. The van der Waals surface area contributed by atoms with Gasteiger partial charge in [-0.3, -0.25) is 4.21 Å². The van der Waals surface area contributed by atoms with E-state index in [-0.39, 0.29) is 0 Å². The fourth-order valence-corrected chi connectivity index (χ4v) is 3.66. The predicted octanol–water partition coefficient (Wildman–Crippen LogP) is 3.59. The Hall–Kier alpha value is -1.06. The van der Waals surface area contributed by atoms with Gasteiger partial charge in [0.1, 0.15) is 0 Å². The third kappa shape index (κ3) is 4.02. The lowest BCUT2D eigenvalue weighted by Gasteiger charge is -2.02. The molecule has 0 bridgehead atoms. The molecule has 1 atom stereocenters. The fraction of sp³-hybridized carbons (Fsp3) is 0.143. The Morgan fingerprint density at radius 3 is 2.12 bits per heavy atom. The summed E-state index contributed by atoms with van der Waals surface area (Å²) in [5, 5.41) is 0. The maximum atomic E-state index is 11.9. The molecule has 0 heterocycles. The topological polar surface area (TPSA) is 17.1 Å². The van der Waals surface area contributed by atoms with Crippen molar-refractivity contribution in [2.24, 2.45) is 0 Å². The van der Waals surface area contributed by atoms with E-state index in [4.69, 9.17) is 0 Å². The van der Waals surface area contributed by atoms with Gasteiger partial charge in [0.05, 0.1) is 10.8 Å². The van der Waals surface area contributed by atoms with Crippen molar-refractivity contribution in [2.45, 2.75) is 9.79 Å². The highest BCUT2D eigenvalue weighted by atomic mass is 32.2. The first-order valence-corrected chi connectivity index (χ1v) is 7.78. The minimum Gasteiger partial charge on any atom is -0.254 e. The molecule has 17 heavy (non-hydrogen) atoms. The molecule has 2 aromatic rings. The van der Waals surface area contributed by atoms with Crippen LogP contribution in [0, 0.1) is 0 Å². The zero-order valence-electron chi connectivity index (χ0n) is 9.41. The summed E-state index contributed by atoms with van der Waals surface area (Å²) < 4.78 is 11.9. The van der Waals surface area contributed by atoms with E-state index in [0.29, 0.717) is 5.75 Å². The summed E-state index contributed by atoms with van der Waals surface area (Å²) in [5.41, 5.74) is 0. The van der Waals surface area contributed by atoms with Crippen molar-refractivity contribution in [1.82, 2.24) is 0 Å². The van der Waals surface area contributed by atoms with Gasteiger partial charge in [0, 0.05) is 21.3 Å². The van der Waals surface area contributed by atoms with Crippen molar-refractivity contribution in [3.05, 3.63) is 60.7 Å². The van der Waals surface area contributed by atoms with Crippen LogP contribution >= 0.6 is 11.8 Å². The van der Waals surface area contributed by atoms with E-state index >= 15 is 0 Å². The van der Waals surface area contributed by atoms with Gasteiger partial charge in [-0.2, -0.15) is 0 Å². The first-order valence-electron chi connectivity index (χ1n) is 5.47. The lowest BCUT2D eigenvalue weighted by atomic mass is 10.4. The van der Waals surface area contributed by atoms with Gasteiger partial charge in [-0.05, 0) is 24.3 Å². The molecule has 88 valence electrons. The number of hydrogen-bond acceptors (Lipinski definition) is 2. The normalized spacial score (nSPS) is 12.2. The van der Waals surface area contributed by atoms with Gasteiger partial charge in [-0.25, -0.2) is 0 Å². The maximum Gasteiger partial charge on any atom is 0.0537 e. The molecule has 0 saturated carbocycles. The monoisotopic (exact) mass is 262 g/mol. The van der Waals surface area contributed by atoms with Crippen LogP contribution in [0.3, 0.4) is 0 Å². The number of thioether (sulfide) groups is 1. The van der Waals surface area contributed by atoms with Crippen molar-refractivity contribution in [1.29, 1.82) is 0 Å². The zero-order valence-corrected chi connectivity index (χ0v) is 11.0. The SMILES string of the molecule is O=S(CCSc1ccccc1)c1ccccc1. The van der Waals surface area contributed by atoms with Gasteiger partial charge in [-0.15, -0.1) is 11.8 Å². The largest absolute Gasteiger partial charge is 0.254 e. The molecule has 0 saturated heterocycles. The molecule has 0 aliphatic carbocycles. The van der Waals surface area contributed by atoms with E-state index in [2.05, 4.69) is 12.1 Å². The van der Waals surface area contributed by atoms with Crippen molar-refractivity contribution in [3.63, 3.8) is 0 Å². The Labute approximate surface area is 109 Å². The molecule has 0 amide bonds. The highest BCUT2D eigenvalue weighted by Gasteiger charge is 2.02. The second-order valence-electron chi connectivity index (χ2n) is 3.52. The van der Waals surface area contributed by atoms with E-state index < -0.39 is 10.8 Å². The van der Waals surface area contributed by atoms with E-state index in [0.717, 1.165) is 10.6 Å². The fourth-order valence-electron chi connectivity index (χ4n) is 1.44. The summed E-state index contributed by atoms with van der Waals surface area (Å²) in [7, 11) is -0.878. The average molecular weight is 262 g/mol. The second kappa shape index (κ2) is 6.62. The Bertz CT molecular complexity index is 468. The van der Waals surface area contributed by atoms with Gasteiger partial charge < -0.3 is 0 Å². The molecule has 3 heteroatoms. The zero-order chi connectivity index (χ0) is 11.9. The average Bonchev–Trinajstić information content (AvgIpc) is 2.41. The van der Waals surface area contributed by atoms with E-state index in [1.807, 2.05) is 48.5 Å². The third-order valence-electron chi connectivity index (χ3n) is 2.29. The molecule has 0 radical (unpaired) electrons. The maximum absolute atomic E-state index is 11.9. The lowest BCUT2D eigenvalue weighted by Crippen LogP contribution is -2.00. The van der Waals surface area contributed by atoms with E-state index in [9.17, 15) is 4.21 Å². The van der Waals surface area contributed by atoms with Crippen LogP contribution in [0.1, 0.15) is 0 Å². The quantitative estimate of drug-likeness (QED) is 0.766. The molecule has 1 unspecified atom stereocenters. The van der Waals surface area contributed by atoms with Gasteiger partial charge in [0.2, 0.25) is 0 Å². The molecule has 2 aromatic carbocycles. The van der Waals surface area contributed by atoms with Gasteiger partial charge in [0.15, 0.2) is 0 Å². The Balaban J connectivity index is 1.82. The predicted molar refractivity (Wildman–Crippen MR) is 74.9 cm³/mol. The van der Waals surface area contributed by atoms with Crippen LogP contribution in [0.5, 0.6) is 0 Å². The molecular formula is C14H14OS2. The summed E-state index contributed by atoms with van der Waals surface area (Å²) in [5.74, 6) is 1.58. The van der Waals surface area contributed by atoms with E-state index in [1.54, 1.807) is 11.8 Å². The summed E-state index contributed by atoms with van der Waals surface area (Å²) in [6, 6.07) is 19.9. The first-order chi connectivity index (χ1) is 8.36. The highest BCUT2D eigenvalue weighted by molar-refractivity contribution is 8.00. The highest BCUT2D eigenvalue weighted by Crippen LogP contribution is 2.17. The Morgan fingerprint density at radius 1 is 0.882 bits per heavy atom. The molecule has 2 rings (SSSR count). The third-order valence-corrected chi connectivity index (χ3v) is 4.93. The smallest absolute Gasteiger partial charge is 0.0537 e. The van der Waals surface area contributed by atoms with Crippen molar-refractivity contribution in [3.8, 4) is 0 Å². The van der Waals surface area contributed by atoms with E-state index in [1.165, 1.54) is 4.90 Å². The first kappa shape index (κ1) is 12.4. The van der Waals surface area contributed by atoms with Crippen LogP contribution in [-0.2, 0) is 10.8 Å². The molecule has 0 spiro atoms. The summed E-state index contributed by atoms with van der Waals surface area (Å²) >= 11 is 1.75. The molecule has 0 aliphatic heterocycles. The number of benzene rings is 2. The summed E-state index contributed by atoms with van der Waals surface area (Å²) in [6.07, 6.45) is 0. The molecule has 0 aromatic heterocycles.